The molecule has 0 atom stereocenters. The molecule has 0 saturated heterocycles. The second-order valence-electron chi connectivity index (χ2n) is 3.68. The van der Waals surface area contributed by atoms with Gasteiger partial charge in [-0.3, -0.25) is 9.97 Å². The fourth-order valence-electron chi connectivity index (χ4n) is 1.61. The standard InChI is InChI=1S/C13H8FN3O/c14-10-3-1-2-9(6-10)13-7-11(17-18-13)12-8-15-4-5-16-12/h1-8H. The van der Waals surface area contributed by atoms with E-state index in [1.807, 2.05) is 0 Å². The Morgan fingerprint density at radius 1 is 1.06 bits per heavy atom. The zero-order chi connectivity index (χ0) is 12.4. The number of nitrogens with zero attached hydrogens (tertiary/aromatic N) is 3. The predicted molar refractivity (Wildman–Crippen MR) is 62.9 cm³/mol. The minimum absolute atomic E-state index is 0.315. The van der Waals surface area contributed by atoms with Gasteiger partial charge in [-0.05, 0) is 12.1 Å². The van der Waals surface area contributed by atoms with Crippen molar-refractivity contribution in [1.29, 1.82) is 0 Å². The second kappa shape index (κ2) is 4.37. The van der Waals surface area contributed by atoms with Crippen molar-refractivity contribution < 1.29 is 8.91 Å². The lowest BCUT2D eigenvalue weighted by Gasteiger charge is -1.93. The first kappa shape index (κ1) is 10.6. The molecule has 0 unspecified atom stereocenters. The molecule has 0 aliphatic heterocycles. The highest BCUT2D eigenvalue weighted by Crippen LogP contribution is 2.24. The van der Waals surface area contributed by atoms with Gasteiger partial charge in [-0.15, -0.1) is 0 Å². The van der Waals surface area contributed by atoms with E-state index < -0.39 is 0 Å². The van der Waals surface area contributed by atoms with Gasteiger partial charge in [-0.25, -0.2) is 4.39 Å². The van der Waals surface area contributed by atoms with Gasteiger partial charge in [0.05, 0.1) is 6.20 Å². The van der Waals surface area contributed by atoms with Gasteiger partial charge in [0.2, 0.25) is 0 Å². The van der Waals surface area contributed by atoms with E-state index in [-0.39, 0.29) is 5.82 Å². The Morgan fingerprint density at radius 3 is 2.78 bits per heavy atom. The molecule has 0 fully saturated rings. The molecule has 0 amide bonds. The fraction of sp³-hybridized carbons (Fsp3) is 0. The Hall–Kier alpha value is -2.56. The molecule has 2 heterocycles. The molecule has 5 heteroatoms. The Bertz CT molecular complexity index is 667. The first-order valence-electron chi connectivity index (χ1n) is 5.32. The lowest BCUT2D eigenvalue weighted by atomic mass is 10.1. The van der Waals surface area contributed by atoms with Crippen LogP contribution >= 0.6 is 0 Å². The van der Waals surface area contributed by atoms with Crippen LogP contribution in [-0.2, 0) is 0 Å². The molecule has 88 valence electrons. The lowest BCUT2D eigenvalue weighted by Crippen LogP contribution is -1.82. The Morgan fingerprint density at radius 2 is 2.00 bits per heavy atom. The molecule has 0 aliphatic rings. The first-order valence-corrected chi connectivity index (χ1v) is 5.32. The molecule has 0 aliphatic carbocycles. The summed E-state index contributed by atoms with van der Waals surface area (Å²) in [5, 5.41) is 3.89. The van der Waals surface area contributed by atoms with Crippen LogP contribution in [0.1, 0.15) is 0 Å². The van der Waals surface area contributed by atoms with Crippen molar-refractivity contribution in [3.8, 4) is 22.7 Å². The van der Waals surface area contributed by atoms with Gasteiger partial charge in [-0.1, -0.05) is 17.3 Å². The van der Waals surface area contributed by atoms with Crippen LogP contribution in [-0.4, -0.2) is 15.1 Å². The molecule has 0 saturated carbocycles. The van der Waals surface area contributed by atoms with Gasteiger partial charge in [0.15, 0.2) is 5.76 Å². The molecular formula is C13H8FN3O. The summed E-state index contributed by atoms with van der Waals surface area (Å²) in [5.41, 5.74) is 1.82. The summed E-state index contributed by atoms with van der Waals surface area (Å²) in [4.78, 5) is 8.07. The van der Waals surface area contributed by atoms with E-state index in [1.54, 1.807) is 36.8 Å². The smallest absolute Gasteiger partial charge is 0.167 e. The van der Waals surface area contributed by atoms with Crippen LogP contribution < -0.4 is 0 Å². The van der Waals surface area contributed by atoms with Crippen molar-refractivity contribution in [3.63, 3.8) is 0 Å². The van der Waals surface area contributed by atoms with Crippen LogP contribution in [0.2, 0.25) is 0 Å². The molecule has 0 bridgehead atoms. The summed E-state index contributed by atoms with van der Waals surface area (Å²) < 4.78 is 18.3. The highest BCUT2D eigenvalue weighted by atomic mass is 19.1. The van der Waals surface area contributed by atoms with Gasteiger partial charge < -0.3 is 4.52 Å². The minimum Gasteiger partial charge on any atom is -0.356 e. The summed E-state index contributed by atoms with van der Waals surface area (Å²) in [5.74, 6) is 0.181. The summed E-state index contributed by atoms with van der Waals surface area (Å²) in [7, 11) is 0. The molecule has 0 radical (unpaired) electrons. The Kier molecular flexibility index (Phi) is 2.57. The van der Waals surface area contributed by atoms with E-state index in [0.29, 0.717) is 22.7 Å². The van der Waals surface area contributed by atoms with Gasteiger partial charge in [0, 0.05) is 24.0 Å². The molecule has 4 nitrogen and oxygen atoms in total. The van der Waals surface area contributed by atoms with Gasteiger partial charge >= 0.3 is 0 Å². The second-order valence-corrected chi connectivity index (χ2v) is 3.68. The van der Waals surface area contributed by atoms with Crippen LogP contribution in [0.4, 0.5) is 4.39 Å². The summed E-state index contributed by atoms with van der Waals surface area (Å²) in [6.45, 7) is 0. The zero-order valence-corrected chi connectivity index (χ0v) is 9.25. The zero-order valence-electron chi connectivity index (χ0n) is 9.25. The van der Waals surface area contributed by atoms with Crippen molar-refractivity contribution in [2.45, 2.75) is 0 Å². The van der Waals surface area contributed by atoms with Crippen molar-refractivity contribution in [3.05, 3.63) is 54.7 Å². The van der Waals surface area contributed by atoms with E-state index in [1.165, 1.54) is 12.1 Å². The largest absolute Gasteiger partial charge is 0.356 e. The fourth-order valence-corrected chi connectivity index (χ4v) is 1.61. The third kappa shape index (κ3) is 1.98. The topological polar surface area (TPSA) is 51.8 Å². The number of hydrogen-bond acceptors (Lipinski definition) is 4. The maximum Gasteiger partial charge on any atom is 0.167 e. The SMILES string of the molecule is Fc1cccc(-c2cc(-c3cnccn3)no2)c1. The van der Waals surface area contributed by atoms with Gasteiger partial charge in [0.25, 0.3) is 0 Å². The molecule has 3 rings (SSSR count). The van der Waals surface area contributed by atoms with Crippen LogP contribution in [0.25, 0.3) is 22.7 Å². The summed E-state index contributed by atoms with van der Waals surface area (Å²) in [6, 6.07) is 7.85. The molecule has 0 N–H and O–H groups in total. The third-order valence-corrected chi connectivity index (χ3v) is 2.44. The maximum absolute atomic E-state index is 13.1. The van der Waals surface area contributed by atoms with Crippen molar-refractivity contribution in [1.82, 2.24) is 15.1 Å². The summed E-state index contributed by atoms with van der Waals surface area (Å²) >= 11 is 0. The number of aromatic nitrogens is 3. The number of rotatable bonds is 2. The van der Waals surface area contributed by atoms with Crippen molar-refractivity contribution in [2.24, 2.45) is 0 Å². The average Bonchev–Trinajstić information content (AvgIpc) is 2.89. The van der Waals surface area contributed by atoms with Gasteiger partial charge in [-0.2, -0.15) is 0 Å². The van der Waals surface area contributed by atoms with E-state index in [2.05, 4.69) is 15.1 Å². The Labute approximate surface area is 102 Å². The molecule has 3 aromatic rings. The first-order chi connectivity index (χ1) is 8.83. The number of hydrogen-bond donors (Lipinski definition) is 0. The average molecular weight is 241 g/mol. The van der Waals surface area contributed by atoms with E-state index in [4.69, 9.17) is 4.52 Å². The monoisotopic (exact) mass is 241 g/mol. The van der Waals surface area contributed by atoms with E-state index in [0.717, 1.165) is 0 Å². The molecule has 1 aromatic carbocycles. The van der Waals surface area contributed by atoms with Crippen LogP contribution in [0, 0.1) is 5.82 Å². The van der Waals surface area contributed by atoms with Gasteiger partial charge in [0.1, 0.15) is 17.2 Å². The third-order valence-electron chi connectivity index (χ3n) is 2.44. The molecule has 18 heavy (non-hydrogen) atoms. The molecular weight excluding hydrogens is 233 g/mol. The lowest BCUT2D eigenvalue weighted by molar-refractivity contribution is 0.434. The Balaban J connectivity index is 2.00. The normalized spacial score (nSPS) is 10.5. The van der Waals surface area contributed by atoms with E-state index in [9.17, 15) is 4.39 Å². The highest BCUT2D eigenvalue weighted by molar-refractivity contribution is 5.64. The van der Waals surface area contributed by atoms with Crippen molar-refractivity contribution in [2.75, 3.05) is 0 Å². The molecule has 2 aromatic heterocycles. The quantitative estimate of drug-likeness (QED) is 0.692. The van der Waals surface area contributed by atoms with E-state index >= 15 is 0 Å². The molecule has 0 spiro atoms. The van der Waals surface area contributed by atoms with Crippen molar-refractivity contribution >= 4 is 0 Å². The maximum atomic E-state index is 13.1. The predicted octanol–water partition coefficient (Wildman–Crippen LogP) is 2.94. The minimum atomic E-state index is -0.315. The summed E-state index contributed by atoms with van der Waals surface area (Å²) in [6.07, 6.45) is 4.75. The number of halogens is 1. The number of benzene rings is 1. The van der Waals surface area contributed by atoms with Crippen LogP contribution in [0.5, 0.6) is 0 Å². The highest BCUT2D eigenvalue weighted by Gasteiger charge is 2.09. The van der Waals surface area contributed by atoms with Crippen LogP contribution in [0.3, 0.4) is 0 Å². The van der Waals surface area contributed by atoms with Crippen LogP contribution in [0.15, 0.2) is 53.4 Å².